The Hall–Kier alpha value is -4.32. The van der Waals surface area contributed by atoms with Gasteiger partial charge in [0.15, 0.2) is 5.65 Å². The van der Waals surface area contributed by atoms with E-state index in [4.69, 9.17) is 9.97 Å². The largest absolute Gasteiger partial charge is 0.508 e. The van der Waals surface area contributed by atoms with Gasteiger partial charge >= 0.3 is 0 Å². The minimum atomic E-state index is 0.0962. The predicted octanol–water partition coefficient (Wildman–Crippen LogP) is 4.97. The Balaban J connectivity index is 1.70. The minimum Gasteiger partial charge on any atom is -0.508 e. The number of nitrogens with zero attached hydrogens (tertiary/aromatic N) is 4. The lowest BCUT2D eigenvalue weighted by Gasteiger charge is -2.06. The number of imidazole rings is 1. The highest BCUT2D eigenvalue weighted by atomic mass is 16.3. The van der Waals surface area contributed by atoms with E-state index >= 15 is 0 Å². The van der Waals surface area contributed by atoms with Gasteiger partial charge in [-0.05, 0) is 41.6 Å². The predicted molar refractivity (Wildman–Crippen MR) is 136 cm³/mol. The lowest BCUT2D eigenvalue weighted by Crippen LogP contribution is -2.00. The Morgan fingerprint density at radius 3 is 2.21 bits per heavy atom. The first kappa shape index (κ1) is 22.9. The lowest BCUT2D eigenvalue weighted by molar-refractivity contribution is 0.442. The van der Waals surface area contributed by atoms with Crippen LogP contribution in [-0.4, -0.2) is 43.6 Å². The molecule has 0 aliphatic heterocycles. The molecule has 0 aliphatic rings. The number of hydrogen-bond acceptors (Lipinski definition) is 5. The molecule has 34 heavy (non-hydrogen) atoms. The van der Waals surface area contributed by atoms with Crippen LogP contribution in [0.1, 0.15) is 28.2 Å². The van der Waals surface area contributed by atoms with Crippen LogP contribution >= 0.6 is 0 Å². The molecule has 0 saturated carbocycles. The quantitative estimate of drug-likeness (QED) is 0.370. The fraction of sp³-hybridized carbons (Fsp3) is 0.143. The van der Waals surface area contributed by atoms with Crippen LogP contribution in [0.2, 0.25) is 0 Å². The summed E-state index contributed by atoms with van der Waals surface area (Å²) in [7, 11) is 3.95. The Morgan fingerprint density at radius 2 is 1.47 bits per heavy atom. The van der Waals surface area contributed by atoms with Crippen molar-refractivity contribution in [1.29, 1.82) is 0 Å². The summed E-state index contributed by atoms with van der Waals surface area (Å²) in [6, 6.07) is 17.0. The average Bonchev–Trinajstić information content (AvgIpc) is 3.14. The zero-order chi connectivity index (χ0) is 23.9. The van der Waals surface area contributed by atoms with Crippen molar-refractivity contribution in [2.75, 3.05) is 14.1 Å². The summed E-state index contributed by atoms with van der Waals surface area (Å²) >= 11 is 0. The standard InChI is InChI=1S/C28H28N4O2/c1-31(2)17-9-4-3-8-12-23-20-32-27(25(29-23)18-21-10-6-5-7-11-21)30-26(28(32)34)19-22-13-15-24(33)16-14-22/h3-17,20,33-34H,18-19H2,1-2H3/b4-3+,12-8+,17-9+. The maximum absolute atomic E-state index is 11.0. The second kappa shape index (κ2) is 10.5. The zero-order valence-corrected chi connectivity index (χ0v) is 19.3. The van der Waals surface area contributed by atoms with E-state index in [1.807, 2.05) is 85.9 Å². The summed E-state index contributed by atoms with van der Waals surface area (Å²) in [6.07, 6.45) is 14.5. The molecule has 0 aliphatic carbocycles. The van der Waals surface area contributed by atoms with Crippen LogP contribution in [0.4, 0.5) is 0 Å². The van der Waals surface area contributed by atoms with Crippen LogP contribution in [0, 0.1) is 0 Å². The highest BCUT2D eigenvalue weighted by Crippen LogP contribution is 2.26. The third-order valence-corrected chi connectivity index (χ3v) is 5.25. The molecule has 0 unspecified atom stereocenters. The van der Waals surface area contributed by atoms with Gasteiger partial charge in [0.1, 0.15) is 11.4 Å². The number of aromatic nitrogens is 3. The molecule has 2 heterocycles. The Labute approximate surface area is 199 Å². The number of rotatable bonds is 8. The molecule has 172 valence electrons. The van der Waals surface area contributed by atoms with Crippen LogP contribution in [0.3, 0.4) is 0 Å². The minimum absolute atomic E-state index is 0.0962. The maximum Gasteiger partial charge on any atom is 0.219 e. The zero-order valence-electron chi connectivity index (χ0n) is 19.3. The number of fused-ring (bicyclic) bond motifs is 1. The molecule has 0 bridgehead atoms. The van der Waals surface area contributed by atoms with Gasteiger partial charge in [-0.15, -0.1) is 0 Å². The van der Waals surface area contributed by atoms with E-state index in [1.165, 1.54) is 0 Å². The van der Waals surface area contributed by atoms with Crippen LogP contribution < -0.4 is 0 Å². The summed E-state index contributed by atoms with van der Waals surface area (Å²) in [5.74, 6) is 0.305. The van der Waals surface area contributed by atoms with Gasteiger partial charge in [0.05, 0.1) is 11.4 Å². The Bertz CT molecular complexity index is 1330. The summed E-state index contributed by atoms with van der Waals surface area (Å²) < 4.78 is 1.70. The van der Waals surface area contributed by atoms with Gasteiger partial charge in [0, 0.05) is 33.1 Å². The maximum atomic E-state index is 11.0. The molecule has 0 fully saturated rings. The van der Waals surface area contributed by atoms with E-state index in [0.717, 1.165) is 22.5 Å². The summed E-state index contributed by atoms with van der Waals surface area (Å²) in [6.45, 7) is 0. The third kappa shape index (κ3) is 5.72. The molecule has 2 aromatic heterocycles. The summed E-state index contributed by atoms with van der Waals surface area (Å²) in [5.41, 5.74) is 4.79. The Morgan fingerprint density at radius 1 is 0.794 bits per heavy atom. The normalized spacial score (nSPS) is 11.9. The Kier molecular flexibility index (Phi) is 7.08. The van der Waals surface area contributed by atoms with Crippen LogP contribution in [-0.2, 0) is 12.8 Å². The molecule has 0 radical (unpaired) electrons. The number of phenols is 1. The van der Waals surface area contributed by atoms with Crippen molar-refractivity contribution in [3.8, 4) is 11.6 Å². The van der Waals surface area contributed by atoms with Gasteiger partial charge < -0.3 is 15.1 Å². The van der Waals surface area contributed by atoms with Gasteiger partial charge in [-0.25, -0.2) is 9.97 Å². The van der Waals surface area contributed by atoms with Crippen LogP contribution in [0.15, 0.2) is 91.3 Å². The number of hydrogen-bond donors (Lipinski definition) is 2. The average molecular weight is 453 g/mol. The molecule has 4 aromatic rings. The van der Waals surface area contributed by atoms with Gasteiger partial charge in [-0.1, -0.05) is 60.7 Å². The van der Waals surface area contributed by atoms with Crippen molar-refractivity contribution >= 4 is 11.7 Å². The van der Waals surface area contributed by atoms with Crippen molar-refractivity contribution in [3.05, 3.63) is 120 Å². The topological polar surface area (TPSA) is 73.9 Å². The van der Waals surface area contributed by atoms with Gasteiger partial charge in [0.25, 0.3) is 0 Å². The second-order valence-corrected chi connectivity index (χ2v) is 8.24. The first-order valence-electron chi connectivity index (χ1n) is 11.1. The second-order valence-electron chi connectivity index (χ2n) is 8.24. The first-order chi connectivity index (χ1) is 16.5. The molecule has 0 amide bonds. The number of benzene rings is 2. The van der Waals surface area contributed by atoms with E-state index in [1.54, 1.807) is 22.7 Å². The summed E-state index contributed by atoms with van der Waals surface area (Å²) in [4.78, 5) is 11.6. The van der Waals surface area contributed by atoms with E-state index in [0.29, 0.717) is 24.2 Å². The third-order valence-electron chi connectivity index (χ3n) is 5.25. The molecule has 4 rings (SSSR count). The smallest absolute Gasteiger partial charge is 0.219 e. The first-order valence-corrected chi connectivity index (χ1v) is 11.1. The van der Waals surface area contributed by atoms with Crippen molar-refractivity contribution < 1.29 is 10.2 Å². The van der Waals surface area contributed by atoms with Crippen LogP contribution in [0.25, 0.3) is 11.7 Å². The molecule has 2 N–H and O–H groups in total. The van der Waals surface area contributed by atoms with Gasteiger partial charge in [-0.3, -0.25) is 4.40 Å². The van der Waals surface area contributed by atoms with Crippen LogP contribution in [0.5, 0.6) is 11.6 Å². The molecule has 0 atom stereocenters. The molecule has 6 heteroatoms. The lowest BCUT2D eigenvalue weighted by atomic mass is 10.1. The molecular weight excluding hydrogens is 424 g/mol. The highest BCUT2D eigenvalue weighted by Gasteiger charge is 2.17. The van der Waals surface area contributed by atoms with Crippen molar-refractivity contribution in [2.45, 2.75) is 12.8 Å². The van der Waals surface area contributed by atoms with Gasteiger partial charge in [0.2, 0.25) is 5.88 Å². The van der Waals surface area contributed by atoms with E-state index in [2.05, 4.69) is 12.1 Å². The number of aromatic hydroxyl groups is 2. The van der Waals surface area contributed by atoms with Crippen molar-refractivity contribution in [3.63, 3.8) is 0 Å². The molecule has 0 spiro atoms. The molecule has 0 saturated heterocycles. The van der Waals surface area contributed by atoms with E-state index in [-0.39, 0.29) is 11.6 Å². The molecule has 6 nitrogen and oxygen atoms in total. The highest BCUT2D eigenvalue weighted by molar-refractivity contribution is 5.57. The molecule has 2 aromatic carbocycles. The van der Waals surface area contributed by atoms with Gasteiger partial charge in [-0.2, -0.15) is 0 Å². The fourth-order valence-electron chi connectivity index (χ4n) is 3.58. The fourth-order valence-corrected chi connectivity index (χ4v) is 3.58. The molecular formula is C28H28N4O2. The monoisotopic (exact) mass is 452 g/mol. The van der Waals surface area contributed by atoms with E-state index < -0.39 is 0 Å². The SMILES string of the molecule is CN(C)/C=C/C=C/C=C/c1cn2c(O)c(Cc3ccc(O)cc3)nc2c(Cc2ccccc2)n1. The summed E-state index contributed by atoms with van der Waals surface area (Å²) in [5, 5.41) is 20.5. The van der Waals surface area contributed by atoms with E-state index in [9.17, 15) is 10.2 Å². The van der Waals surface area contributed by atoms with Crippen molar-refractivity contribution in [2.24, 2.45) is 0 Å². The number of allylic oxidation sites excluding steroid dienone is 4. The number of phenolic OH excluding ortho intramolecular Hbond substituents is 1. The van der Waals surface area contributed by atoms with Crippen molar-refractivity contribution in [1.82, 2.24) is 19.3 Å².